The number of carbonyl (C=O) groups is 4. The van der Waals surface area contributed by atoms with Gasteiger partial charge in [0.2, 0.25) is 0 Å². The molecule has 0 amide bonds. The topological polar surface area (TPSA) is 147 Å². The predicted molar refractivity (Wildman–Crippen MR) is 59.8 cm³/mol. The van der Waals surface area contributed by atoms with Crippen LogP contribution in [0.25, 0.3) is 0 Å². The Morgan fingerprint density at radius 3 is 1.85 bits per heavy atom. The molecule has 0 aliphatic carbocycles. The van der Waals surface area contributed by atoms with Crippen LogP contribution in [0.5, 0.6) is 0 Å². The first-order valence-electron chi connectivity index (χ1n) is 5.81. The lowest BCUT2D eigenvalue weighted by atomic mass is 9.87. The first-order chi connectivity index (χ1) is 9.31. The molecule has 1 rings (SSSR count). The maximum Gasteiger partial charge on any atom is 0.336 e. The molecule has 0 aromatic heterocycles. The third-order valence-electron chi connectivity index (χ3n) is 2.83. The molecule has 4 atom stereocenters. The highest BCUT2D eigenvalue weighted by Gasteiger charge is 2.58. The molecule has 1 aliphatic heterocycles. The second-order valence-electron chi connectivity index (χ2n) is 4.21. The Labute approximate surface area is 113 Å². The number of aliphatic carboxylic acids is 3. The van der Waals surface area contributed by atoms with Crippen LogP contribution in [0.3, 0.4) is 0 Å². The van der Waals surface area contributed by atoms with E-state index in [1.165, 1.54) is 0 Å². The Morgan fingerprint density at radius 1 is 0.950 bits per heavy atom. The molecule has 112 valence electrons. The molecule has 0 saturated carbocycles. The van der Waals surface area contributed by atoms with Crippen LogP contribution in [0, 0.1) is 11.8 Å². The molecular formula is C11H14O9. The second-order valence-corrected chi connectivity index (χ2v) is 4.21. The number of hydrogen-bond donors (Lipinski definition) is 3. The van der Waals surface area contributed by atoms with Gasteiger partial charge in [-0.2, -0.15) is 0 Å². The summed E-state index contributed by atoms with van der Waals surface area (Å²) < 4.78 is 9.49. The zero-order valence-corrected chi connectivity index (χ0v) is 10.5. The molecule has 1 fully saturated rings. The van der Waals surface area contributed by atoms with E-state index in [0.29, 0.717) is 6.42 Å². The summed E-state index contributed by atoms with van der Waals surface area (Å²) in [6.07, 6.45) is -3.19. The minimum absolute atomic E-state index is 0.000505. The van der Waals surface area contributed by atoms with E-state index >= 15 is 0 Å². The van der Waals surface area contributed by atoms with Gasteiger partial charge in [-0.25, -0.2) is 9.59 Å². The van der Waals surface area contributed by atoms with Gasteiger partial charge in [-0.05, 0) is 6.42 Å². The van der Waals surface area contributed by atoms with Crippen molar-refractivity contribution >= 4 is 23.9 Å². The van der Waals surface area contributed by atoms with Crippen molar-refractivity contribution < 1.29 is 44.0 Å². The summed E-state index contributed by atoms with van der Waals surface area (Å²) in [5, 5.41) is 26.9. The summed E-state index contributed by atoms with van der Waals surface area (Å²) >= 11 is 0. The number of carboxylic acids is 3. The molecular weight excluding hydrogens is 276 g/mol. The molecule has 0 aromatic rings. The van der Waals surface area contributed by atoms with Crippen molar-refractivity contribution in [3.8, 4) is 0 Å². The third kappa shape index (κ3) is 3.05. The molecule has 9 heteroatoms. The first kappa shape index (κ1) is 15.9. The number of rotatable bonds is 6. The standard InChI is InChI=1S/C11H14O9/c1-2-3-19-11(18)7-5(9(14)15)4(8(12)13)6(20-7)10(16)17/h4-7H,2-3H2,1H3,(H,12,13)(H,14,15)(H,16,17). The van der Waals surface area contributed by atoms with Gasteiger partial charge >= 0.3 is 23.9 Å². The average molecular weight is 290 g/mol. The van der Waals surface area contributed by atoms with Crippen molar-refractivity contribution in [2.45, 2.75) is 25.6 Å². The van der Waals surface area contributed by atoms with Gasteiger partial charge in [-0.1, -0.05) is 6.92 Å². The van der Waals surface area contributed by atoms with Crippen LogP contribution in [0.1, 0.15) is 13.3 Å². The van der Waals surface area contributed by atoms with E-state index in [9.17, 15) is 19.2 Å². The van der Waals surface area contributed by atoms with Crippen LogP contribution < -0.4 is 0 Å². The van der Waals surface area contributed by atoms with Crippen LogP contribution in [0.15, 0.2) is 0 Å². The summed E-state index contributed by atoms with van der Waals surface area (Å²) in [6, 6.07) is 0. The van der Waals surface area contributed by atoms with Crippen LogP contribution in [-0.4, -0.2) is 58.0 Å². The third-order valence-corrected chi connectivity index (χ3v) is 2.83. The van der Waals surface area contributed by atoms with Crippen LogP contribution >= 0.6 is 0 Å². The fourth-order valence-electron chi connectivity index (χ4n) is 1.97. The number of ether oxygens (including phenoxy) is 2. The van der Waals surface area contributed by atoms with Gasteiger partial charge in [0, 0.05) is 0 Å². The molecule has 0 spiro atoms. The Balaban J connectivity index is 3.05. The number of carboxylic acid groups (broad SMARTS) is 3. The minimum Gasteiger partial charge on any atom is -0.481 e. The van der Waals surface area contributed by atoms with Crippen molar-refractivity contribution in [1.82, 2.24) is 0 Å². The Bertz CT molecular complexity index is 430. The quantitative estimate of drug-likeness (QED) is 0.534. The maximum atomic E-state index is 11.7. The number of carbonyl (C=O) groups excluding carboxylic acids is 1. The van der Waals surface area contributed by atoms with E-state index in [1.807, 2.05) is 0 Å². The molecule has 4 unspecified atom stereocenters. The number of esters is 1. The van der Waals surface area contributed by atoms with Crippen molar-refractivity contribution in [2.75, 3.05) is 6.61 Å². The molecule has 0 bridgehead atoms. The largest absolute Gasteiger partial charge is 0.481 e. The van der Waals surface area contributed by atoms with E-state index < -0.39 is 47.9 Å². The Hall–Kier alpha value is -2.16. The first-order valence-corrected chi connectivity index (χ1v) is 5.81. The summed E-state index contributed by atoms with van der Waals surface area (Å²) in [5.41, 5.74) is 0. The van der Waals surface area contributed by atoms with Gasteiger partial charge < -0.3 is 24.8 Å². The van der Waals surface area contributed by atoms with E-state index in [4.69, 9.17) is 24.8 Å². The predicted octanol–water partition coefficient (Wildman–Crippen LogP) is -0.807. The molecule has 0 aromatic carbocycles. The highest BCUT2D eigenvalue weighted by atomic mass is 16.6. The lowest BCUT2D eigenvalue weighted by molar-refractivity contribution is -0.167. The van der Waals surface area contributed by atoms with Crippen LogP contribution in [0.2, 0.25) is 0 Å². The molecule has 20 heavy (non-hydrogen) atoms. The highest BCUT2D eigenvalue weighted by Crippen LogP contribution is 2.34. The average Bonchev–Trinajstić information content (AvgIpc) is 2.76. The maximum absolute atomic E-state index is 11.7. The fourth-order valence-corrected chi connectivity index (χ4v) is 1.97. The van der Waals surface area contributed by atoms with Crippen molar-refractivity contribution in [2.24, 2.45) is 11.8 Å². The normalized spacial score (nSPS) is 28.9. The van der Waals surface area contributed by atoms with E-state index in [1.54, 1.807) is 6.92 Å². The van der Waals surface area contributed by atoms with Crippen molar-refractivity contribution in [3.63, 3.8) is 0 Å². The Morgan fingerprint density at radius 2 is 1.45 bits per heavy atom. The van der Waals surface area contributed by atoms with E-state index in [-0.39, 0.29) is 6.61 Å². The summed E-state index contributed by atoms with van der Waals surface area (Å²) in [7, 11) is 0. The summed E-state index contributed by atoms with van der Waals surface area (Å²) in [6.45, 7) is 1.71. The van der Waals surface area contributed by atoms with Crippen LogP contribution in [-0.2, 0) is 28.7 Å². The van der Waals surface area contributed by atoms with E-state index in [2.05, 4.69) is 0 Å². The lowest BCUT2D eigenvalue weighted by Gasteiger charge is -2.15. The van der Waals surface area contributed by atoms with Gasteiger partial charge in [0.25, 0.3) is 0 Å². The molecule has 1 saturated heterocycles. The van der Waals surface area contributed by atoms with Crippen molar-refractivity contribution in [3.05, 3.63) is 0 Å². The number of hydrogen-bond acceptors (Lipinski definition) is 6. The lowest BCUT2D eigenvalue weighted by Crippen LogP contribution is -2.39. The smallest absolute Gasteiger partial charge is 0.336 e. The molecule has 9 nitrogen and oxygen atoms in total. The van der Waals surface area contributed by atoms with E-state index in [0.717, 1.165) is 0 Å². The Kier molecular flexibility index (Phi) is 5.03. The highest BCUT2D eigenvalue weighted by molar-refractivity contribution is 5.92. The zero-order valence-electron chi connectivity index (χ0n) is 10.5. The van der Waals surface area contributed by atoms with Crippen molar-refractivity contribution in [1.29, 1.82) is 0 Å². The fraction of sp³-hybridized carbons (Fsp3) is 0.636. The van der Waals surface area contributed by atoms with Gasteiger partial charge in [-0.3, -0.25) is 9.59 Å². The second kappa shape index (κ2) is 6.33. The van der Waals surface area contributed by atoms with Gasteiger partial charge in [0.1, 0.15) is 11.8 Å². The summed E-state index contributed by atoms with van der Waals surface area (Å²) in [5.74, 6) is -9.67. The molecule has 3 N–H and O–H groups in total. The monoisotopic (exact) mass is 290 g/mol. The molecule has 1 heterocycles. The SMILES string of the molecule is CCCOC(=O)C1OC(C(=O)O)C(C(=O)O)C1C(=O)O. The molecule has 1 aliphatic rings. The van der Waals surface area contributed by atoms with Gasteiger partial charge in [0.15, 0.2) is 12.2 Å². The van der Waals surface area contributed by atoms with Gasteiger partial charge in [0.05, 0.1) is 6.61 Å². The zero-order chi connectivity index (χ0) is 15.4. The summed E-state index contributed by atoms with van der Waals surface area (Å²) in [4.78, 5) is 44.8. The van der Waals surface area contributed by atoms with Gasteiger partial charge in [-0.15, -0.1) is 0 Å². The van der Waals surface area contributed by atoms with Crippen LogP contribution in [0.4, 0.5) is 0 Å². The molecule has 0 radical (unpaired) electrons. The minimum atomic E-state index is -1.91.